The zero-order chi connectivity index (χ0) is 7.03. The Bertz CT molecular complexity index is 149. The van der Waals surface area contributed by atoms with Gasteiger partial charge in [-0.1, -0.05) is 0 Å². The van der Waals surface area contributed by atoms with Crippen molar-refractivity contribution in [3.8, 4) is 0 Å². The second kappa shape index (κ2) is 2.06. The van der Waals surface area contributed by atoms with Gasteiger partial charge in [-0.3, -0.25) is 4.79 Å². The SMILES string of the molecule is O=C1CCC2(CC1)CNC2. The molecule has 2 rings (SSSR count). The minimum Gasteiger partial charge on any atom is -0.316 e. The molecule has 1 aliphatic carbocycles. The molecule has 1 spiro atoms. The van der Waals surface area contributed by atoms with Crippen molar-refractivity contribution in [1.29, 1.82) is 0 Å². The number of carbonyl (C=O) groups is 1. The molecular weight excluding hydrogens is 126 g/mol. The lowest BCUT2D eigenvalue weighted by atomic mass is 9.70. The first-order chi connectivity index (χ1) is 4.81. The Morgan fingerprint density at radius 2 is 1.80 bits per heavy atom. The van der Waals surface area contributed by atoms with Crippen LogP contribution in [-0.2, 0) is 4.79 Å². The molecule has 2 nitrogen and oxygen atoms in total. The molecule has 2 heteroatoms. The summed E-state index contributed by atoms with van der Waals surface area (Å²) < 4.78 is 0. The van der Waals surface area contributed by atoms with E-state index in [1.54, 1.807) is 0 Å². The van der Waals surface area contributed by atoms with Crippen LogP contribution in [0.1, 0.15) is 25.7 Å². The average Bonchev–Trinajstić information content (AvgIpc) is 1.86. The van der Waals surface area contributed by atoms with Gasteiger partial charge < -0.3 is 5.32 Å². The number of carbonyl (C=O) groups excluding carboxylic acids is 1. The Morgan fingerprint density at radius 1 is 1.20 bits per heavy atom. The molecule has 0 atom stereocenters. The van der Waals surface area contributed by atoms with E-state index in [0.29, 0.717) is 11.2 Å². The van der Waals surface area contributed by atoms with Gasteiger partial charge in [0.15, 0.2) is 0 Å². The van der Waals surface area contributed by atoms with Gasteiger partial charge in [0, 0.05) is 25.9 Å². The number of Topliss-reactive ketones (excluding diaryl/α,β-unsaturated/α-hetero) is 1. The monoisotopic (exact) mass is 139 g/mol. The highest BCUT2D eigenvalue weighted by Gasteiger charge is 2.39. The molecule has 0 radical (unpaired) electrons. The predicted molar refractivity (Wildman–Crippen MR) is 38.8 cm³/mol. The molecule has 0 bridgehead atoms. The van der Waals surface area contributed by atoms with Gasteiger partial charge in [-0.05, 0) is 18.3 Å². The fourth-order valence-electron chi connectivity index (χ4n) is 1.89. The first kappa shape index (κ1) is 6.35. The van der Waals surface area contributed by atoms with E-state index in [4.69, 9.17) is 0 Å². The minimum atomic E-state index is 0.470. The Hall–Kier alpha value is -0.370. The summed E-state index contributed by atoms with van der Waals surface area (Å²) in [6.07, 6.45) is 3.95. The van der Waals surface area contributed by atoms with Crippen molar-refractivity contribution in [2.75, 3.05) is 13.1 Å². The van der Waals surface area contributed by atoms with Crippen molar-refractivity contribution >= 4 is 5.78 Å². The molecule has 56 valence electrons. The van der Waals surface area contributed by atoms with Crippen LogP contribution >= 0.6 is 0 Å². The van der Waals surface area contributed by atoms with Crippen LogP contribution in [0.15, 0.2) is 0 Å². The van der Waals surface area contributed by atoms with Crippen LogP contribution in [0.5, 0.6) is 0 Å². The molecule has 0 amide bonds. The van der Waals surface area contributed by atoms with Crippen LogP contribution in [0.25, 0.3) is 0 Å². The highest BCUT2D eigenvalue weighted by atomic mass is 16.1. The number of hydrogen-bond acceptors (Lipinski definition) is 2. The number of ketones is 1. The van der Waals surface area contributed by atoms with Crippen LogP contribution in [-0.4, -0.2) is 18.9 Å². The summed E-state index contributed by atoms with van der Waals surface area (Å²) in [4.78, 5) is 10.9. The summed E-state index contributed by atoms with van der Waals surface area (Å²) in [5, 5.41) is 3.28. The second-order valence-corrected chi connectivity index (χ2v) is 3.64. The largest absolute Gasteiger partial charge is 0.316 e. The Labute approximate surface area is 61.0 Å². The van der Waals surface area contributed by atoms with E-state index in [1.165, 1.54) is 0 Å². The summed E-state index contributed by atoms with van der Waals surface area (Å²) in [5.41, 5.74) is 0.550. The van der Waals surface area contributed by atoms with E-state index < -0.39 is 0 Å². The van der Waals surface area contributed by atoms with E-state index in [-0.39, 0.29) is 0 Å². The van der Waals surface area contributed by atoms with Crippen LogP contribution in [0.2, 0.25) is 0 Å². The van der Waals surface area contributed by atoms with E-state index in [1.807, 2.05) is 0 Å². The van der Waals surface area contributed by atoms with E-state index in [9.17, 15) is 4.79 Å². The topological polar surface area (TPSA) is 29.1 Å². The van der Waals surface area contributed by atoms with Crippen molar-refractivity contribution in [2.24, 2.45) is 5.41 Å². The zero-order valence-corrected chi connectivity index (χ0v) is 6.15. The van der Waals surface area contributed by atoms with Gasteiger partial charge >= 0.3 is 0 Å². The van der Waals surface area contributed by atoms with Gasteiger partial charge in [0.25, 0.3) is 0 Å². The van der Waals surface area contributed by atoms with Gasteiger partial charge in [0.2, 0.25) is 0 Å². The lowest BCUT2D eigenvalue weighted by Crippen LogP contribution is -2.54. The fraction of sp³-hybridized carbons (Fsp3) is 0.875. The van der Waals surface area contributed by atoms with E-state index in [2.05, 4.69) is 5.32 Å². The molecular formula is C8H13NO. The highest BCUT2D eigenvalue weighted by Crippen LogP contribution is 2.37. The standard InChI is InChI=1S/C8H13NO/c10-7-1-3-8(4-2-7)5-9-6-8/h9H,1-6H2. The van der Waals surface area contributed by atoms with Gasteiger partial charge in [-0.15, -0.1) is 0 Å². The zero-order valence-electron chi connectivity index (χ0n) is 6.15. The molecule has 1 saturated carbocycles. The van der Waals surface area contributed by atoms with E-state index >= 15 is 0 Å². The molecule has 2 aliphatic rings. The quantitative estimate of drug-likeness (QED) is 0.535. The van der Waals surface area contributed by atoms with Gasteiger partial charge in [-0.25, -0.2) is 0 Å². The van der Waals surface area contributed by atoms with Crippen LogP contribution in [0.3, 0.4) is 0 Å². The molecule has 1 saturated heterocycles. The van der Waals surface area contributed by atoms with Crippen molar-refractivity contribution in [3.63, 3.8) is 0 Å². The first-order valence-corrected chi connectivity index (χ1v) is 4.03. The molecule has 10 heavy (non-hydrogen) atoms. The third-order valence-electron chi connectivity index (χ3n) is 2.87. The summed E-state index contributed by atoms with van der Waals surface area (Å²) in [7, 11) is 0. The molecule has 1 heterocycles. The Kier molecular flexibility index (Phi) is 1.31. The third kappa shape index (κ3) is 0.870. The fourth-order valence-corrected chi connectivity index (χ4v) is 1.89. The van der Waals surface area contributed by atoms with Crippen molar-refractivity contribution in [3.05, 3.63) is 0 Å². The summed E-state index contributed by atoms with van der Waals surface area (Å²) in [5.74, 6) is 0.470. The lowest BCUT2D eigenvalue weighted by molar-refractivity contribution is -0.123. The van der Waals surface area contributed by atoms with E-state index in [0.717, 1.165) is 38.8 Å². The Balaban J connectivity index is 1.96. The molecule has 1 aliphatic heterocycles. The predicted octanol–water partition coefficient (Wildman–Crippen LogP) is 0.719. The molecule has 1 N–H and O–H groups in total. The minimum absolute atomic E-state index is 0.470. The number of rotatable bonds is 0. The number of hydrogen-bond donors (Lipinski definition) is 1. The summed E-state index contributed by atoms with van der Waals surface area (Å²) in [6.45, 7) is 2.31. The van der Waals surface area contributed by atoms with Crippen LogP contribution in [0.4, 0.5) is 0 Å². The summed E-state index contributed by atoms with van der Waals surface area (Å²) in [6, 6.07) is 0. The molecule has 0 unspecified atom stereocenters. The molecule has 2 fully saturated rings. The normalized spacial score (nSPS) is 30.2. The molecule has 0 aromatic carbocycles. The number of nitrogens with one attached hydrogen (secondary N) is 1. The molecule has 0 aromatic heterocycles. The Morgan fingerprint density at radius 3 is 2.20 bits per heavy atom. The summed E-state index contributed by atoms with van der Waals surface area (Å²) >= 11 is 0. The maximum atomic E-state index is 10.9. The average molecular weight is 139 g/mol. The molecule has 0 aromatic rings. The highest BCUT2D eigenvalue weighted by molar-refractivity contribution is 5.79. The maximum absolute atomic E-state index is 10.9. The van der Waals surface area contributed by atoms with Crippen molar-refractivity contribution in [2.45, 2.75) is 25.7 Å². The van der Waals surface area contributed by atoms with Crippen molar-refractivity contribution < 1.29 is 4.79 Å². The maximum Gasteiger partial charge on any atom is 0.132 e. The van der Waals surface area contributed by atoms with Gasteiger partial charge in [0.1, 0.15) is 5.78 Å². The lowest BCUT2D eigenvalue weighted by Gasteiger charge is -2.45. The van der Waals surface area contributed by atoms with Crippen LogP contribution in [0, 0.1) is 5.41 Å². The third-order valence-corrected chi connectivity index (χ3v) is 2.87. The van der Waals surface area contributed by atoms with Gasteiger partial charge in [0.05, 0.1) is 0 Å². The second-order valence-electron chi connectivity index (χ2n) is 3.64. The first-order valence-electron chi connectivity index (χ1n) is 4.03. The van der Waals surface area contributed by atoms with Crippen LogP contribution < -0.4 is 5.32 Å². The van der Waals surface area contributed by atoms with Gasteiger partial charge in [-0.2, -0.15) is 0 Å². The van der Waals surface area contributed by atoms with Crippen molar-refractivity contribution in [1.82, 2.24) is 5.32 Å². The smallest absolute Gasteiger partial charge is 0.132 e.